The highest BCUT2D eigenvalue weighted by Gasteiger charge is 2.14. The molecule has 0 radical (unpaired) electrons. The molecular weight excluding hydrogens is 250 g/mol. The Balaban J connectivity index is 2.01. The van der Waals surface area contributed by atoms with Gasteiger partial charge >= 0.3 is 0 Å². The molecule has 0 unspecified atom stereocenters. The van der Waals surface area contributed by atoms with Gasteiger partial charge in [-0.05, 0) is 19.1 Å². The van der Waals surface area contributed by atoms with Crippen molar-refractivity contribution in [2.75, 3.05) is 38.6 Å². The number of aliphatic imine (C=N–C) groups is 1. The van der Waals surface area contributed by atoms with E-state index in [9.17, 15) is 0 Å². The maximum atomic E-state index is 6.14. The highest BCUT2D eigenvalue weighted by molar-refractivity contribution is 6.33. The third-order valence-corrected chi connectivity index (χ3v) is 3.35. The Morgan fingerprint density at radius 2 is 2.33 bits per heavy atom. The second-order valence-corrected chi connectivity index (χ2v) is 4.48. The molecule has 1 aliphatic heterocycles. The average Bonchev–Trinajstić information content (AvgIpc) is 2.85. The number of nitrogens with zero attached hydrogens (tertiary/aromatic N) is 2. The number of halogens is 1. The van der Waals surface area contributed by atoms with Gasteiger partial charge in [0.15, 0.2) is 0 Å². The molecule has 1 N–H and O–H groups in total. The summed E-state index contributed by atoms with van der Waals surface area (Å²) in [5.41, 5.74) is 0.877. The van der Waals surface area contributed by atoms with E-state index in [4.69, 9.17) is 16.3 Å². The van der Waals surface area contributed by atoms with Gasteiger partial charge in [-0.15, -0.1) is 0 Å². The fraction of sp³-hybridized carbons (Fsp3) is 0.462. The summed E-state index contributed by atoms with van der Waals surface area (Å²) in [4.78, 5) is 6.75. The van der Waals surface area contributed by atoms with Crippen molar-refractivity contribution in [2.24, 2.45) is 4.99 Å². The summed E-state index contributed by atoms with van der Waals surface area (Å²) in [5, 5.41) is 4.00. The molecule has 0 spiro atoms. The standard InChI is InChI=1S/C13H18ClN3O/c1-3-17-7-6-15-13(17)9-16-12-8-10(18-2)4-5-11(12)14/h4-5,8,16H,3,6-7,9H2,1-2H3. The smallest absolute Gasteiger partial charge is 0.121 e. The van der Waals surface area contributed by atoms with Crippen molar-refractivity contribution in [3.8, 4) is 5.75 Å². The molecule has 1 aliphatic rings. The number of rotatable bonds is 5. The van der Waals surface area contributed by atoms with E-state index in [0.29, 0.717) is 11.6 Å². The minimum atomic E-state index is 0.692. The molecule has 5 heteroatoms. The first kappa shape index (κ1) is 13.0. The maximum Gasteiger partial charge on any atom is 0.121 e. The first-order chi connectivity index (χ1) is 8.74. The minimum absolute atomic E-state index is 0.692. The number of benzene rings is 1. The molecule has 4 nitrogen and oxygen atoms in total. The van der Waals surface area contributed by atoms with Crippen LogP contribution in [0.5, 0.6) is 5.75 Å². The van der Waals surface area contributed by atoms with E-state index in [1.165, 1.54) is 0 Å². The number of likely N-dealkylation sites (N-methyl/N-ethyl adjacent to an activating group) is 1. The van der Waals surface area contributed by atoms with Crippen LogP contribution in [-0.2, 0) is 0 Å². The van der Waals surface area contributed by atoms with Gasteiger partial charge in [0.05, 0.1) is 30.9 Å². The van der Waals surface area contributed by atoms with Gasteiger partial charge in [-0.3, -0.25) is 4.99 Å². The minimum Gasteiger partial charge on any atom is -0.497 e. The number of anilines is 1. The first-order valence-electron chi connectivity index (χ1n) is 6.10. The van der Waals surface area contributed by atoms with Gasteiger partial charge in [0.1, 0.15) is 11.6 Å². The van der Waals surface area contributed by atoms with Crippen LogP contribution in [-0.4, -0.2) is 44.0 Å². The largest absolute Gasteiger partial charge is 0.497 e. The van der Waals surface area contributed by atoms with E-state index in [1.807, 2.05) is 18.2 Å². The third-order valence-electron chi connectivity index (χ3n) is 3.02. The fourth-order valence-corrected chi connectivity index (χ4v) is 2.16. The summed E-state index contributed by atoms with van der Waals surface area (Å²) in [6, 6.07) is 5.57. The Hall–Kier alpha value is -1.42. The molecule has 98 valence electrons. The van der Waals surface area contributed by atoms with Crippen LogP contribution in [0.1, 0.15) is 6.92 Å². The summed E-state index contributed by atoms with van der Waals surface area (Å²) < 4.78 is 5.18. The molecule has 1 heterocycles. The lowest BCUT2D eigenvalue weighted by molar-refractivity contribution is 0.415. The number of hydrogen-bond donors (Lipinski definition) is 1. The Labute approximate surface area is 113 Å². The van der Waals surface area contributed by atoms with Crippen molar-refractivity contribution in [3.63, 3.8) is 0 Å². The van der Waals surface area contributed by atoms with Crippen LogP contribution in [0.15, 0.2) is 23.2 Å². The van der Waals surface area contributed by atoms with Gasteiger partial charge in [-0.1, -0.05) is 11.6 Å². The molecule has 0 aliphatic carbocycles. The van der Waals surface area contributed by atoms with Gasteiger partial charge in [0.2, 0.25) is 0 Å². The van der Waals surface area contributed by atoms with Crippen molar-refractivity contribution >= 4 is 23.1 Å². The highest BCUT2D eigenvalue weighted by atomic mass is 35.5. The molecule has 1 aromatic carbocycles. The van der Waals surface area contributed by atoms with Gasteiger partial charge in [-0.2, -0.15) is 0 Å². The fourth-order valence-electron chi connectivity index (χ4n) is 1.98. The number of amidine groups is 1. The predicted octanol–water partition coefficient (Wildman–Crippen LogP) is 2.49. The topological polar surface area (TPSA) is 36.9 Å². The second-order valence-electron chi connectivity index (χ2n) is 4.08. The second kappa shape index (κ2) is 5.96. The SMILES string of the molecule is CCN1CCN=C1CNc1cc(OC)ccc1Cl. The predicted molar refractivity (Wildman–Crippen MR) is 76.0 cm³/mol. The van der Waals surface area contributed by atoms with Crippen molar-refractivity contribution in [1.82, 2.24) is 4.90 Å². The molecule has 18 heavy (non-hydrogen) atoms. The lowest BCUT2D eigenvalue weighted by Gasteiger charge is -2.19. The zero-order chi connectivity index (χ0) is 13.0. The van der Waals surface area contributed by atoms with Gasteiger partial charge in [0.25, 0.3) is 0 Å². The van der Waals surface area contributed by atoms with E-state index in [2.05, 4.69) is 22.1 Å². The van der Waals surface area contributed by atoms with Crippen LogP contribution in [0, 0.1) is 0 Å². The van der Waals surface area contributed by atoms with Crippen molar-refractivity contribution in [1.29, 1.82) is 0 Å². The molecular formula is C13H18ClN3O. The molecule has 0 saturated heterocycles. The number of nitrogens with one attached hydrogen (secondary N) is 1. The van der Waals surface area contributed by atoms with E-state index < -0.39 is 0 Å². The van der Waals surface area contributed by atoms with Gasteiger partial charge < -0.3 is 15.0 Å². The summed E-state index contributed by atoms with van der Waals surface area (Å²) in [5.74, 6) is 1.89. The van der Waals surface area contributed by atoms with E-state index in [1.54, 1.807) is 7.11 Å². The lowest BCUT2D eigenvalue weighted by Crippen LogP contribution is -2.32. The molecule has 0 atom stereocenters. The molecule has 0 fully saturated rings. The first-order valence-corrected chi connectivity index (χ1v) is 6.48. The van der Waals surface area contributed by atoms with Crippen LogP contribution in [0.3, 0.4) is 0 Å². The van der Waals surface area contributed by atoms with Crippen LogP contribution < -0.4 is 10.1 Å². The monoisotopic (exact) mass is 267 g/mol. The Kier molecular flexibility index (Phi) is 4.31. The van der Waals surface area contributed by atoms with E-state index >= 15 is 0 Å². The molecule has 0 bridgehead atoms. The van der Waals surface area contributed by atoms with Crippen LogP contribution in [0.4, 0.5) is 5.69 Å². The Bertz CT molecular complexity index is 448. The van der Waals surface area contributed by atoms with Gasteiger partial charge in [0, 0.05) is 19.2 Å². The molecule has 2 rings (SSSR count). The lowest BCUT2D eigenvalue weighted by atomic mass is 10.3. The maximum absolute atomic E-state index is 6.14. The Morgan fingerprint density at radius 3 is 3.06 bits per heavy atom. The van der Waals surface area contributed by atoms with Crippen LogP contribution in [0.25, 0.3) is 0 Å². The molecule has 0 amide bonds. The summed E-state index contributed by atoms with van der Waals surface area (Å²) in [6.45, 7) is 5.72. The number of ether oxygens (including phenoxy) is 1. The normalized spacial score (nSPS) is 14.6. The van der Waals surface area contributed by atoms with Crippen LogP contribution in [0.2, 0.25) is 5.02 Å². The van der Waals surface area contributed by atoms with E-state index in [0.717, 1.165) is 36.9 Å². The summed E-state index contributed by atoms with van der Waals surface area (Å²) in [6.07, 6.45) is 0. The number of hydrogen-bond acceptors (Lipinski definition) is 4. The van der Waals surface area contributed by atoms with Crippen LogP contribution >= 0.6 is 11.6 Å². The van der Waals surface area contributed by atoms with E-state index in [-0.39, 0.29) is 0 Å². The zero-order valence-corrected chi connectivity index (χ0v) is 11.5. The molecule has 0 aromatic heterocycles. The highest BCUT2D eigenvalue weighted by Crippen LogP contribution is 2.26. The molecule has 0 saturated carbocycles. The quantitative estimate of drug-likeness (QED) is 0.891. The third kappa shape index (κ3) is 2.88. The van der Waals surface area contributed by atoms with Crippen molar-refractivity contribution in [2.45, 2.75) is 6.92 Å². The molecule has 1 aromatic rings. The van der Waals surface area contributed by atoms with Crippen molar-refractivity contribution in [3.05, 3.63) is 23.2 Å². The Morgan fingerprint density at radius 1 is 1.50 bits per heavy atom. The van der Waals surface area contributed by atoms with Crippen molar-refractivity contribution < 1.29 is 4.74 Å². The van der Waals surface area contributed by atoms with Gasteiger partial charge in [-0.25, -0.2) is 0 Å². The zero-order valence-electron chi connectivity index (χ0n) is 10.7. The summed E-state index contributed by atoms with van der Waals surface area (Å²) >= 11 is 6.14. The number of methoxy groups -OCH3 is 1. The summed E-state index contributed by atoms with van der Waals surface area (Å²) in [7, 11) is 1.65. The average molecular weight is 268 g/mol.